The maximum atomic E-state index is 13.7. The van der Waals surface area contributed by atoms with Crippen molar-refractivity contribution < 1.29 is 14.0 Å². The van der Waals surface area contributed by atoms with Crippen molar-refractivity contribution in [3.8, 4) is 0 Å². The van der Waals surface area contributed by atoms with Gasteiger partial charge in [-0.1, -0.05) is 18.7 Å². The Labute approximate surface area is 117 Å². The van der Waals surface area contributed by atoms with E-state index < -0.39 is 11.9 Å². The number of likely N-dealkylation sites (tertiary alicyclic amines) is 1. The largest absolute Gasteiger partial charge is 0.327 e. The number of amides is 2. The molecule has 1 saturated heterocycles. The van der Waals surface area contributed by atoms with Crippen molar-refractivity contribution in [3.63, 3.8) is 0 Å². The summed E-state index contributed by atoms with van der Waals surface area (Å²) in [7, 11) is 0. The lowest BCUT2D eigenvalue weighted by atomic mass is 10.1. The number of carbonyl (C=O) groups is 2. The fraction of sp³-hybridized carbons (Fsp3) is 0.333. The van der Waals surface area contributed by atoms with Crippen LogP contribution in [0.2, 0.25) is 0 Å². The molecule has 20 heavy (non-hydrogen) atoms. The Hall–Kier alpha value is -2.17. The van der Waals surface area contributed by atoms with E-state index >= 15 is 0 Å². The standard InChI is InChI=1S/C15H17FN2O2/c1-3-13(19)18-9-5-8-12(18)15(20)17-14-10(2)6-4-7-11(14)16/h3-4,6-7,12H,1,5,8-9H2,2H3,(H,17,20). The van der Waals surface area contributed by atoms with Crippen LogP contribution in [0.15, 0.2) is 30.9 Å². The molecule has 1 fully saturated rings. The molecule has 0 saturated carbocycles. The number of hydrogen-bond donors (Lipinski definition) is 1. The van der Waals surface area contributed by atoms with Crippen molar-refractivity contribution in [1.82, 2.24) is 4.90 Å². The van der Waals surface area contributed by atoms with Gasteiger partial charge in [0.25, 0.3) is 0 Å². The molecule has 0 spiro atoms. The van der Waals surface area contributed by atoms with Gasteiger partial charge in [0.2, 0.25) is 11.8 Å². The second kappa shape index (κ2) is 5.86. The Morgan fingerprint density at radius 3 is 2.90 bits per heavy atom. The lowest BCUT2D eigenvalue weighted by Gasteiger charge is -2.23. The highest BCUT2D eigenvalue weighted by Crippen LogP contribution is 2.23. The summed E-state index contributed by atoms with van der Waals surface area (Å²) in [4.78, 5) is 25.4. The first kappa shape index (κ1) is 14.2. The zero-order valence-electron chi connectivity index (χ0n) is 11.4. The van der Waals surface area contributed by atoms with Gasteiger partial charge in [0.05, 0.1) is 5.69 Å². The van der Waals surface area contributed by atoms with Crippen molar-refractivity contribution in [2.24, 2.45) is 0 Å². The highest BCUT2D eigenvalue weighted by atomic mass is 19.1. The first-order valence-corrected chi connectivity index (χ1v) is 6.53. The third-order valence-corrected chi connectivity index (χ3v) is 3.48. The molecule has 1 aliphatic heterocycles. The van der Waals surface area contributed by atoms with Crippen LogP contribution in [-0.2, 0) is 9.59 Å². The van der Waals surface area contributed by atoms with E-state index in [0.717, 1.165) is 6.42 Å². The number of rotatable bonds is 3. The van der Waals surface area contributed by atoms with Gasteiger partial charge in [0.1, 0.15) is 11.9 Å². The van der Waals surface area contributed by atoms with E-state index in [1.807, 2.05) is 0 Å². The van der Waals surface area contributed by atoms with Crippen molar-refractivity contribution in [2.45, 2.75) is 25.8 Å². The van der Waals surface area contributed by atoms with Crippen molar-refractivity contribution >= 4 is 17.5 Å². The Morgan fingerprint density at radius 1 is 1.50 bits per heavy atom. The van der Waals surface area contributed by atoms with Crippen LogP contribution in [-0.4, -0.2) is 29.3 Å². The van der Waals surface area contributed by atoms with Gasteiger partial charge in [-0.15, -0.1) is 0 Å². The number of aryl methyl sites for hydroxylation is 1. The average Bonchev–Trinajstić information content (AvgIpc) is 2.91. The van der Waals surface area contributed by atoms with Crippen LogP contribution in [0.1, 0.15) is 18.4 Å². The maximum Gasteiger partial charge on any atom is 0.247 e. The van der Waals surface area contributed by atoms with Gasteiger partial charge in [0, 0.05) is 6.54 Å². The SMILES string of the molecule is C=CC(=O)N1CCCC1C(=O)Nc1c(C)cccc1F. The molecule has 1 atom stereocenters. The molecule has 1 unspecified atom stereocenters. The van der Waals surface area contributed by atoms with Gasteiger partial charge in [-0.25, -0.2) is 4.39 Å². The number of benzene rings is 1. The molecule has 2 rings (SSSR count). The highest BCUT2D eigenvalue weighted by molar-refractivity contribution is 5.99. The number of nitrogens with one attached hydrogen (secondary N) is 1. The van der Waals surface area contributed by atoms with Crippen molar-refractivity contribution in [2.75, 3.05) is 11.9 Å². The van der Waals surface area contributed by atoms with Gasteiger partial charge >= 0.3 is 0 Å². The molecule has 5 heteroatoms. The second-order valence-electron chi connectivity index (χ2n) is 4.81. The summed E-state index contributed by atoms with van der Waals surface area (Å²) in [6, 6.07) is 4.05. The monoisotopic (exact) mass is 276 g/mol. The van der Waals surface area contributed by atoms with Crippen LogP contribution >= 0.6 is 0 Å². The summed E-state index contributed by atoms with van der Waals surface area (Å²) >= 11 is 0. The smallest absolute Gasteiger partial charge is 0.247 e. The van der Waals surface area contributed by atoms with Crippen LogP contribution in [0.3, 0.4) is 0 Å². The molecule has 1 aromatic carbocycles. The van der Waals surface area contributed by atoms with E-state index in [1.54, 1.807) is 19.1 Å². The molecule has 106 valence electrons. The summed E-state index contributed by atoms with van der Waals surface area (Å²) < 4.78 is 13.7. The van der Waals surface area contributed by atoms with Crippen molar-refractivity contribution in [1.29, 1.82) is 0 Å². The van der Waals surface area contributed by atoms with Gasteiger partial charge in [0.15, 0.2) is 0 Å². The van der Waals surface area contributed by atoms with E-state index in [1.165, 1.54) is 17.0 Å². The minimum Gasteiger partial charge on any atom is -0.327 e. The van der Waals surface area contributed by atoms with Crippen LogP contribution in [0.4, 0.5) is 10.1 Å². The first-order valence-electron chi connectivity index (χ1n) is 6.53. The van der Waals surface area contributed by atoms with Gasteiger partial charge < -0.3 is 10.2 Å². The van der Waals surface area contributed by atoms with E-state index in [9.17, 15) is 14.0 Å². The minimum atomic E-state index is -0.556. The second-order valence-corrected chi connectivity index (χ2v) is 4.81. The van der Waals surface area contributed by atoms with Gasteiger partial charge in [-0.05, 0) is 37.5 Å². The quantitative estimate of drug-likeness (QED) is 0.861. The third kappa shape index (κ3) is 2.71. The fourth-order valence-corrected chi connectivity index (χ4v) is 2.42. The molecule has 0 bridgehead atoms. The summed E-state index contributed by atoms with van der Waals surface area (Å²) in [5.41, 5.74) is 0.827. The zero-order chi connectivity index (χ0) is 14.7. The average molecular weight is 276 g/mol. The van der Waals surface area contributed by atoms with Gasteiger partial charge in [-0.2, -0.15) is 0 Å². The molecule has 0 aromatic heterocycles. The van der Waals surface area contributed by atoms with Crippen LogP contribution in [0.25, 0.3) is 0 Å². The van der Waals surface area contributed by atoms with E-state index in [2.05, 4.69) is 11.9 Å². The summed E-state index contributed by atoms with van der Waals surface area (Å²) in [5, 5.41) is 2.59. The van der Waals surface area contributed by atoms with Gasteiger partial charge in [-0.3, -0.25) is 9.59 Å². The number of hydrogen-bond acceptors (Lipinski definition) is 2. The summed E-state index contributed by atoms with van der Waals surface area (Å²) in [6.07, 6.45) is 2.53. The molecule has 1 aromatic rings. The Balaban J connectivity index is 2.16. The zero-order valence-corrected chi connectivity index (χ0v) is 11.4. The molecule has 0 radical (unpaired) electrons. The number of carbonyl (C=O) groups excluding carboxylic acids is 2. The number of para-hydroxylation sites is 1. The third-order valence-electron chi connectivity index (χ3n) is 3.48. The van der Waals surface area contributed by atoms with E-state index in [0.29, 0.717) is 18.5 Å². The summed E-state index contributed by atoms with van der Waals surface area (Å²) in [6.45, 7) is 5.68. The lowest BCUT2D eigenvalue weighted by Crippen LogP contribution is -2.42. The first-order chi connectivity index (χ1) is 9.54. The Bertz CT molecular complexity index is 537. The molecule has 0 aliphatic carbocycles. The predicted molar refractivity (Wildman–Crippen MR) is 74.7 cm³/mol. The number of halogens is 1. The Kier molecular flexibility index (Phi) is 4.17. The molecular formula is C15H17FN2O2. The van der Waals surface area contributed by atoms with Crippen LogP contribution in [0, 0.1) is 12.7 Å². The molecule has 2 amide bonds. The topological polar surface area (TPSA) is 49.4 Å². The minimum absolute atomic E-state index is 0.176. The predicted octanol–water partition coefficient (Wildman–Crippen LogP) is 2.25. The molecule has 1 aliphatic rings. The van der Waals surface area contributed by atoms with Crippen LogP contribution < -0.4 is 5.32 Å². The maximum absolute atomic E-state index is 13.7. The van der Waals surface area contributed by atoms with Crippen LogP contribution in [0.5, 0.6) is 0 Å². The van der Waals surface area contributed by atoms with Crippen molar-refractivity contribution in [3.05, 3.63) is 42.2 Å². The normalized spacial score (nSPS) is 17.9. The number of nitrogens with zero attached hydrogens (tertiary/aromatic N) is 1. The van der Waals surface area contributed by atoms with E-state index in [4.69, 9.17) is 0 Å². The summed E-state index contributed by atoms with van der Waals surface area (Å²) in [5.74, 6) is -1.10. The number of anilines is 1. The molecule has 4 nitrogen and oxygen atoms in total. The Morgan fingerprint density at radius 2 is 2.25 bits per heavy atom. The molecule has 1 heterocycles. The fourth-order valence-electron chi connectivity index (χ4n) is 2.42. The van der Waals surface area contributed by atoms with E-state index in [-0.39, 0.29) is 17.5 Å². The highest BCUT2D eigenvalue weighted by Gasteiger charge is 2.33. The molecule has 1 N–H and O–H groups in total. The molecular weight excluding hydrogens is 259 g/mol. The lowest BCUT2D eigenvalue weighted by molar-refractivity contribution is -0.132.